The maximum absolute atomic E-state index is 15.0. The van der Waals surface area contributed by atoms with Crippen LogP contribution in [-0.2, 0) is 12.8 Å². The van der Waals surface area contributed by atoms with Crippen molar-refractivity contribution >= 4 is 5.83 Å². The molecule has 4 aromatic carbocycles. The van der Waals surface area contributed by atoms with E-state index in [1.165, 1.54) is 43.3 Å². The van der Waals surface area contributed by atoms with Gasteiger partial charge in [0.15, 0.2) is 5.83 Å². The third-order valence-electron chi connectivity index (χ3n) is 6.46. The minimum atomic E-state index is -3.35. The van der Waals surface area contributed by atoms with Gasteiger partial charge in [-0.15, -0.1) is 0 Å². The topological polar surface area (TPSA) is 0 Å². The van der Waals surface area contributed by atoms with E-state index < -0.39 is 58.3 Å². The van der Waals surface area contributed by atoms with E-state index in [2.05, 4.69) is 0 Å². The van der Waals surface area contributed by atoms with Crippen molar-refractivity contribution in [1.29, 1.82) is 0 Å². The average molecular weight is 564 g/mol. The van der Waals surface area contributed by atoms with E-state index in [1.807, 2.05) is 0 Å². The van der Waals surface area contributed by atoms with Gasteiger partial charge < -0.3 is 0 Å². The average Bonchev–Trinajstić information content (AvgIpc) is 2.91. The van der Waals surface area contributed by atoms with E-state index >= 15 is 0 Å². The number of aryl methyl sites for hydroxylation is 1. The Kier molecular flexibility index (Phi) is 8.71. The number of allylic oxidation sites excluding steroid dienone is 1. The van der Waals surface area contributed by atoms with E-state index in [9.17, 15) is 39.5 Å². The Balaban J connectivity index is 1.55. The monoisotopic (exact) mass is 564 g/mol. The zero-order valence-electron chi connectivity index (χ0n) is 21.0. The van der Waals surface area contributed by atoms with Crippen LogP contribution in [0.2, 0.25) is 0 Å². The summed E-state index contributed by atoms with van der Waals surface area (Å²) in [7, 11) is 0. The van der Waals surface area contributed by atoms with Gasteiger partial charge in [-0.1, -0.05) is 43.3 Å². The van der Waals surface area contributed by atoms with Crippen LogP contribution in [0.1, 0.15) is 42.0 Å². The van der Waals surface area contributed by atoms with E-state index in [0.29, 0.717) is 23.3 Å². The van der Waals surface area contributed by atoms with Crippen molar-refractivity contribution in [3.8, 4) is 22.3 Å². The molecule has 0 radical (unpaired) electrons. The molecule has 0 saturated carbocycles. The first-order valence-electron chi connectivity index (χ1n) is 12.2. The fourth-order valence-electron chi connectivity index (χ4n) is 4.31. The van der Waals surface area contributed by atoms with Crippen molar-refractivity contribution in [3.05, 3.63) is 124 Å². The fourth-order valence-corrected chi connectivity index (χ4v) is 4.31. The van der Waals surface area contributed by atoms with Gasteiger partial charge in [0.1, 0.15) is 34.9 Å². The van der Waals surface area contributed by atoms with Crippen molar-refractivity contribution in [3.63, 3.8) is 0 Å². The summed E-state index contributed by atoms with van der Waals surface area (Å²) < 4.78 is 125. The molecular formula is C31H21F9. The largest absolute Gasteiger partial charge is 0.269 e. The molecule has 0 saturated heterocycles. The van der Waals surface area contributed by atoms with Crippen molar-refractivity contribution in [2.45, 2.75) is 32.6 Å². The highest BCUT2D eigenvalue weighted by Gasteiger charge is 2.21. The second-order valence-electron chi connectivity index (χ2n) is 9.04. The lowest BCUT2D eigenvalue weighted by atomic mass is 9.96. The normalized spacial score (nSPS) is 12.2. The second-order valence-corrected chi connectivity index (χ2v) is 9.04. The van der Waals surface area contributed by atoms with Crippen LogP contribution in [-0.4, -0.2) is 0 Å². The molecular weight excluding hydrogens is 543 g/mol. The zero-order chi connectivity index (χ0) is 29.1. The smallest absolute Gasteiger partial charge is 0.209 e. The van der Waals surface area contributed by atoms with Gasteiger partial charge >= 0.3 is 0 Å². The minimum absolute atomic E-state index is 0.0340. The summed E-state index contributed by atoms with van der Waals surface area (Å²) in [5.74, 6) is -7.61. The molecule has 0 amide bonds. The maximum atomic E-state index is 15.0. The molecule has 9 heteroatoms. The molecule has 4 rings (SSSR count). The van der Waals surface area contributed by atoms with Gasteiger partial charge in [-0.2, -0.15) is 0 Å². The van der Waals surface area contributed by atoms with Crippen LogP contribution in [0.4, 0.5) is 39.5 Å². The molecule has 0 spiro atoms. The van der Waals surface area contributed by atoms with Crippen LogP contribution in [0.15, 0.2) is 72.6 Å². The van der Waals surface area contributed by atoms with Gasteiger partial charge in [0.25, 0.3) is 6.43 Å². The van der Waals surface area contributed by atoms with Crippen LogP contribution in [0.3, 0.4) is 0 Å². The first-order chi connectivity index (χ1) is 19.0. The molecule has 0 bridgehead atoms. The molecule has 0 aliphatic carbocycles. The third kappa shape index (κ3) is 6.08. The second kappa shape index (κ2) is 12.0. The Morgan fingerprint density at radius 1 is 0.625 bits per heavy atom. The molecule has 0 atom stereocenters. The molecule has 208 valence electrons. The SMILES string of the molecule is CCC(F)=C(F)c1ccc(-c2ccc(-c3cc(F)c(CCc4cc(F)c(C(F)F)c(F)c4)c(F)c3)c(F)c2)cc1. The Bertz CT molecular complexity index is 1520. The quantitative estimate of drug-likeness (QED) is 0.187. The lowest BCUT2D eigenvalue weighted by molar-refractivity contribution is 0.141. The van der Waals surface area contributed by atoms with Gasteiger partial charge in [-0.3, -0.25) is 0 Å². The lowest BCUT2D eigenvalue weighted by Crippen LogP contribution is -2.03. The van der Waals surface area contributed by atoms with Crippen LogP contribution >= 0.6 is 0 Å². The number of alkyl halides is 2. The van der Waals surface area contributed by atoms with Crippen molar-refractivity contribution < 1.29 is 39.5 Å². The molecule has 4 aromatic rings. The highest BCUT2D eigenvalue weighted by molar-refractivity contribution is 5.73. The van der Waals surface area contributed by atoms with E-state index in [0.717, 1.165) is 18.2 Å². The van der Waals surface area contributed by atoms with Crippen molar-refractivity contribution in [2.24, 2.45) is 0 Å². The van der Waals surface area contributed by atoms with E-state index in [4.69, 9.17) is 0 Å². The Labute approximate surface area is 224 Å². The molecule has 40 heavy (non-hydrogen) atoms. The first kappa shape index (κ1) is 29.0. The highest BCUT2D eigenvalue weighted by atomic mass is 19.3. The number of hydrogen-bond acceptors (Lipinski definition) is 0. The van der Waals surface area contributed by atoms with Crippen LogP contribution in [0.5, 0.6) is 0 Å². The fraction of sp³-hybridized carbons (Fsp3) is 0.161. The summed E-state index contributed by atoms with van der Waals surface area (Å²) in [4.78, 5) is 0. The summed E-state index contributed by atoms with van der Waals surface area (Å²) in [5.41, 5.74) is -1.12. The third-order valence-corrected chi connectivity index (χ3v) is 6.46. The predicted octanol–water partition coefficient (Wildman–Crippen LogP) is 10.5. The Morgan fingerprint density at radius 2 is 1.18 bits per heavy atom. The zero-order valence-corrected chi connectivity index (χ0v) is 21.0. The standard InChI is InChI=1S/C31H21F9/c1-2-23(32)30(38)18-6-4-17(5-7-18)19-8-10-21(24(33)13-19)20-14-25(34)22(26(35)15-20)9-3-16-11-27(36)29(31(39)40)28(37)12-16/h4-8,10-15,31H,2-3,9H2,1H3. The van der Waals surface area contributed by atoms with Gasteiger partial charge in [0, 0.05) is 16.7 Å². The van der Waals surface area contributed by atoms with E-state index in [1.54, 1.807) is 0 Å². The van der Waals surface area contributed by atoms with E-state index in [-0.39, 0.29) is 41.5 Å². The van der Waals surface area contributed by atoms with Crippen LogP contribution in [0.25, 0.3) is 28.1 Å². The molecule has 0 N–H and O–H groups in total. The Hall–Kier alpha value is -4.01. The minimum Gasteiger partial charge on any atom is -0.209 e. The number of benzene rings is 4. The Morgan fingerprint density at radius 3 is 1.70 bits per heavy atom. The van der Waals surface area contributed by atoms with Crippen molar-refractivity contribution in [1.82, 2.24) is 0 Å². The molecule has 0 nitrogen and oxygen atoms in total. The summed E-state index contributed by atoms with van der Waals surface area (Å²) in [6.45, 7) is 1.48. The number of hydrogen-bond donors (Lipinski definition) is 0. The molecule has 0 heterocycles. The molecule has 0 aromatic heterocycles. The lowest BCUT2D eigenvalue weighted by Gasteiger charge is -2.12. The van der Waals surface area contributed by atoms with Gasteiger partial charge in [-0.25, -0.2) is 39.5 Å². The summed E-state index contributed by atoms with van der Waals surface area (Å²) in [6.07, 6.45) is -4.02. The summed E-state index contributed by atoms with van der Waals surface area (Å²) >= 11 is 0. The summed E-state index contributed by atoms with van der Waals surface area (Å²) in [6, 6.07) is 12.9. The van der Waals surface area contributed by atoms with Crippen LogP contribution in [0, 0.1) is 29.1 Å². The van der Waals surface area contributed by atoms with Crippen molar-refractivity contribution in [2.75, 3.05) is 0 Å². The van der Waals surface area contributed by atoms with Gasteiger partial charge in [-0.05, 0) is 71.8 Å². The predicted molar refractivity (Wildman–Crippen MR) is 135 cm³/mol. The summed E-state index contributed by atoms with van der Waals surface area (Å²) in [5, 5.41) is 0. The molecule has 0 unspecified atom stereocenters. The maximum Gasteiger partial charge on any atom is 0.269 e. The molecule has 0 fully saturated rings. The molecule has 0 aliphatic rings. The van der Waals surface area contributed by atoms with Gasteiger partial charge in [0.05, 0.1) is 5.56 Å². The molecule has 0 aliphatic heterocycles. The van der Waals surface area contributed by atoms with Gasteiger partial charge in [0.2, 0.25) is 0 Å². The number of halogens is 9. The first-order valence-corrected chi connectivity index (χ1v) is 12.2. The highest BCUT2D eigenvalue weighted by Crippen LogP contribution is 2.32. The van der Waals surface area contributed by atoms with Crippen LogP contribution < -0.4 is 0 Å². The number of rotatable bonds is 8.